The van der Waals surface area contributed by atoms with Crippen LogP contribution in [0.25, 0.3) is 22.1 Å². The van der Waals surface area contributed by atoms with Gasteiger partial charge in [-0.05, 0) is 54.6 Å². The lowest BCUT2D eigenvalue weighted by molar-refractivity contribution is 0.0735. The summed E-state index contributed by atoms with van der Waals surface area (Å²) in [6.07, 6.45) is 0. The number of halogens is 1. The summed E-state index contributed by atoms with van der Waals surface area (Å²) in [4.78, 5) is 21.4. The molecule has 0 aliphatic carbocycles. The van der Waals surface area contributed by atoms with Gasteiger partial charge in [0, 0.05) is 5.02 Å². The van der Waals surface area contributed by atoms with Crippen LogP contribution >= 0.6 is 11.6 Å². The van der Waals surface area contributed by atoms with E-state index >= 15 is 0 Å². The molecule has 0 unspecified atom stereocenters. The highest BCUT2D eigenvalue weighted by Gasteiger charge is 2.11. The molecule has 5 heteroatoms. The van der Waals surface area contributed by atoms with Crippen LogP contribution in [-0.2, 0) is 0 Å². The molecule has 24 heavy (non-hydrogen) atoms. The Bertz CT molecular complexity index is 1060. The summed E-state index contributed by atoms with van der Waals surface area (Å²) in [6.45, 7) is 0. The van der Waals surface area contributed by atoms with Crippen molar-refractivity contribution in [3.8, 4) is 5.75 Å². The topological polar surface area (TPSA) is 52.1 Å². The number of fused-ring (bicyclic) bond motifs is 2. The zero-order valence-electron chi connectivity index (χ0n) is 12.4. The summed E-state index contributed by atoms with van der Waals surface area (Å²) in [5, 5.41) is 0.586. The maximum Gasteiger partial charge on any atom is 0.343 e. The van der Waals surface area contributed by atoms with Crippen LogP contribution in [0, 0.1) is 0 Å². The van der Waals surface area contributed by atoms with E-state index < -0.39 is 5.97 Å². The molecular formula is C19H11ClN2O2. The standard InChI is InChI=1S/C19H11ClN2O2/c20-13-6-8-14(9-7-13)24-19(23)12-5-10-17-18(11-12)22-16-4-2-1-3-15(16)21-17/h1-11H. The van der Waals surface area contributed by atoms with Gasteiger partial charge in [0.05, 0.1) is 27.6 Å². The van der Waals surface area contributed by atoms with Gasteiger partial charge in [0.1, 0.15) is 5.75 Å². The number of carbonyl (C=O) groups is 1. The minimum absolute atomic E-state index is 0.419. The van der Waals surface area contributed by atoms with Gasteiger partial charge in [-0.25, -0.2) is 14.8 Å². The fourth-order valence-electron chi connectivity index (χ4n) is 2.42. The van der Waals surface area contributed by atoms with Gasteiger partial charge in [0.2, 0.25) is 0 Å². The van der Waals surface area contributed by atoms with Crippen molar-refractivity contribution >= 4 is 39.6 Å². The third-order valence-corrected chi connectivity index (χ3v) is 3.85. The maximum absolute atomic E-state index is 12.3. The molecule has 0 N–H and O–H groups in total. The molecule has 0 saturated carbocycles. The van der Waals surface area contributed by atoms with E-state index in [4.69, 9.17) is 16.3 Å². The Morgan fingerprint density at radius 1 is 0.792 bits per heavy atom. The summed E-state index contributed by atoms with van der Waals surface area (Å²) >= 11 is 5.82. The lowest BCUT2D eigenvalue weighted by atomic mass is 10.2. The first-order valence-electron chi connectivity index (χ1n) is 7.33. The molecule has 4 rings (SSSR count). The number of hydrogen-bond donors (Lipinski definition) is 0. The fourth-order valence-corrected chi connectivity index (χ4v) is 2.54. The van der Waals surface area contributed by atoms with Gasteiger partial charge < -0.3 is 4.74 Å². The van der Waals surface area contributed by atoms with Gasteiger partial charge in [-0.2, -0.15) is 0 Å². The molecule has 4 aromatic rings. The number of rotatable bonds is 2. The van der Waals surface area contributed by atoms with Crippen LogP contribution in [-0.4, -0.2) is 15.9 Å². The zero-order valence-corrected chi connectivity index (χ0v) is 13.2. The van der Waals surface area contributed by atoms with Crippen molar-refractivity contribution in [1.29, 1.82) is 0 Å². The first-order valence-corrected chi connectivity index (χ1v) is 7.71. The Morgan fingerprint density at radius 2 is 1.42 bits per heavy atom. The Labute approximate surface area is 142 Å². The van der Waals surface area contributed by atoms with Gasteiger partial charge in [-0.15, -0.1) is 0 Å². The average Bonchev–Trinajstić information content (AvgIpc) is 2.61. The molecule has 0 aliphatic rings. The molecule has 1 heterocycles. The monoisotopic (exact) mass is 334 g/mol. The van der Waals surface area contributed by atoms with Crippen molar-refractivity contribution in [2.24, 2.45) is 0 Å². The van der Waals surface area contributed by atoms with E-state index in [0.717, 1.165) is 16.6 Å². The predicted molar refractivity (Wildman–Crippen MR) is 93.5 cm³/mol. The van der Waals surface area contributed by atoms with E-state index in [-0.39, 0.29) is 0 Å². The highest BCUT2D eigenvalue weighted by atomic mass is 35.5. The molecule has 0 atom stereocenters. The van der Waals surface area contributed by atoms with Crippen molar-refractivity contribution < 1.29 is 9.53 Å². The highest BCUT2D eigenvalue weighted by Crippen LogP contribution is 2.20. The number of benzene rings is 3. The molecule has 4 nitrogen and oxygen atoms in total. The Kier molecular flexibility index (Phi) is 3.59. The number of esters is 1. The Morgan fingerprint density at radius 3 is 2.12 bits per heavy atom. The Balaban J connectivity index is 1.69. The summed E-state index contributed by atoms with van der Waals surface area (Å²) in [5.41, 5.74) is 3.41. The Hall–Kier alpha value is -2.98. The smallest absolute Gasteiger partial charge is 0.343 e. The predicted octanol–water partition coefficient (Wildman–Crippen LogP) is 4.66. The lowest BCUT2D eigenvalue weighted by Crippen LogP contribution is -2.08. The molecule has 0 saturated heterocycles. The molecule has 0 bridgehead atoms. The van der Waals surface area contributed by atoms with E-state index in [1.165, 1.54) is 0 Å². The molecule has 0 aliphatic heterocycles. The SMILES string of the molecule is O=C(Oc1ccc(Cl)cc1)c1ccc2nc3ccccc3nc2c1. The van der Waals surface area contributed by atoms with Gasteiger partial charge in [0.25, 0.3) is 0 Å². The number of nitrogens with zero attached hydrogens (tertiary/aromatic N) is 2. The van der Waals surface area contributed by atoms with E-state index in [0.29, 0.717) is 21.9 Å². The average molecular weight is 335 g/mol. The number of hydrogen-bond acceptors (Lipinski definition) is 4. The molecule has 0 amide bonds. The fraction of sp³-hybridized carbons (Fsp3) is 0. The quantitative estimate of drug-likeness (QED) is 0.304. The van der Waals surface area contributed by atoms with E-state index in [1.54, 1.807) is 42.5 Å². The maximum atomic E-state index is 12.3. The van der Waals surface area contributed by atoms with E-state index in [9.17, 15) is 4.79 Å². The lowest BCUT2D eigenvalue weighted by Gasteiger charge is -2.06. The zero-order chi connectivity index (χ0) is 16.5. The normalized spacial score (nSPS) is 10.9. The summed E-state index contributed by atoms with van der Waals surface area (Å²) in [6, 6.07) is 19.4. The summed E-state index contributed by atoms with van der Waals surface area (Å²) in [5.74, 6) is -0.0109. The number of carbonyl (C=O) groups excluding carboxylic acids is 1. The highest BCUT2D eigenvalue weighted by molar-refractivity contribution is 6.30. The third kappa shape index (κ3) is 2.79. The van der Waals surface area contributed by atoms with Gasteiger partial charge in [-0.3, -0.25) is 0 Å². The van der Waals surface area contributed by atoms with Gasteiger partial charge >= 0.3 is 5.97 Å². The van der Waals surface area contributed by atoms with Crippen LogP contribution in [0.3, 0.4) is 0 Å². The first-order chi connectivity index (χ1) is 11.7. The minimum atomic E-state index is -0.450. The van der Waals surface area contributed by atoms with Crippen molar-refractivity contribution in [2.75, 3.05) is 0 Å². The second-order valence-corrected chi connectivity index (χ2v) is 5.70. The molecule has 0 spiro atoms. The largest absolute Gasteiger partial charge is 0.423 e. The number of aromatic nitrogens is 2. The van der Waals surface area contributed by atoms with Crippen molar-refractivity contribution in [1.82, 2.24) is 9.97 Å². The summed E-state index contributed by atoms with van der Waals surface area (Å²) < 4.78 is 5.35. The van der Waals surface area contributed by atoms with Crippen molar-refractivity contribution in [3.63, 3.8) is 0 Å². The van der Waals surface area contributed by atoms with Crippen LogP contribution in [0.4, 0.5) is 0 Å². The molecule has 3 aromatic carbocycles. The van der Waals surface area contributed by atoms with Crippen LogP contribution < -0.4 is 4.74 Å². The van der Waals surface area contributed by atoms with Gasteiger partial charge in [-0.1, -0.05) is 23.7 Å². The second-order valence-electron chi connectivity index (χ2n) is 5.26. The molecule has 1 aromatic heterocycles. The van der Waals surface area contributed by atoms with Crippen LogP contribution in [0.1, 0.15) is 10.4 Å². The number of para-hydroxylation sites is 2. The number of ether oxygens (including phenoxy) is 1. The van der Waals surface area contributed by atoms with Crippen LogP contribution in [0.15, 0.2) is 66.7 Å². The molecular weight excluding hydrogens is 324 g/mol. The van der Waals surface area contributed by atoms with E-state index in [1.807, 2.05) is 24.3 Å². The second kappa shape index (κ2) is 5.91. The molecule has 116 valence electrons. The van der Waals surface area contributed by atoms with Crippen molar-refractivity contribution in [3.05, 3.63) is 77.3 Å². The van der Waals surface area contributed by atoms with Gasteiger partial charge in [0.15, 0.2) is 0 Å². The summed E-state index contributed by atoms with van der Waals surface area (Å²) in [7, 11) is 0. The first kappa shape index (κ1) is 14.6. The third-order valence-electron chi connectivity index (χ3n) is 3.60. The van der Waals surface area contributed by atoms with Crippen molar-refractivity contribution in [2.45, 2.75) is 0 Å². The van der Waals surface area contributed by atoms with Crippen LogP contribution in [0.2, 0.25) is 5.02 Å². The minimum Gasteiger partial charge on any atom is -0.423 e. The van der Waals surface area contributed by atoms with Crippen LogP contribution in [0.5, 0.6) is 5.75 Å². The molecule has 0 fully saturated rings. The molecule has 0 radical (unpaired) electrons. The van der Waals surface area contributed by atoms with E-state index in [2.05, 4.69) is 9.97 Å².